The van der Waals surface area contributed by atoms with Gasteiger partial charge in [-0.25, -0.2) is 4.79 Å². The highest BCUT2D eigenvalue weighted by Crippen LogP contribution is 2.15. The molecule has 0 fully saturated rings. The van der Waals surface area contributed by atoms with Crippen molar-refractivity contribution in [2.45, 2.75) is 13.3 Å². The highest BCUT2D eigenvalue weighted by molar-refractivity contribution is 5.93. The lowest BCUT2D eigenvalue weighted by molar-refractivity contribution is -0.118. The van der Waals surface area contributed by atoms with E-state index in [0.717, 1.165) is 6.42 Å². The van der Waals surface area contributed by atoms with Crippen LogP contribution in [0.25, 0.3) is 11.0 Å². The Labute approximate surface area is 132 Å². The number of fused-ring (bicyclic) bond motifs is 1. The third kappa shape index (κ3) is 3.60. The number of carbonyl (C=O) groups is 1. The molecule has 2 aromatic carbocycles. The molecule has 23 heavy (non-hydrogen) atoms. The predicted octanol–water partition coefficient (Wildman–Crippen LogP) is 2.44. The van der Waals surface area contributed by atoms with Crippen LogP contribution >= 0.6 is 0 Å². The number of nitrogens with one attached hydrogen (secondary N) is 3. The van der Waals surface area contributed by atoms with Gasteiger partial charge in [-0.3, -0.25) is 4.79 Å². The van der Waals surface area contributed by atoms with Gasteiger partial charge in [0.1, 0.15) is 5.75 Å². The molecule has 1 heterocycles. The minimum Gasteiger partial charge on any atom is -0.484 e. The smallest absolute Gasteiger partial charge is 0.323 e. The van der Waals surface area contributed by atoms with Crippen LogP contribution in [0.4, 0.5) is 5.69 Å². The molecule has 0 atom stereocenters. The first-order chi connectivity index (χ1) is 11.1. The highest BCUT2D eigenvalue weighted by atomic mass is 16.5. The number of ether oxygens (including phenoxy) is 1. The molecule has 0 aliphatic carbocycles. The zero-order chi connectivity index (χ0) is 16.2. The minimum absolute atomic E-state index is 0.0762. The van der Waals surface area contributed by atoms with Gasteiger partial charge in [-0.1, -0.05) is 19.1 Å². The number of H-pyrrole nitrogens is 2. The van der Waals surface area contributed by atoms with Crippen molar-refractivity contribution in [2.24, 2.45) is 0 Å². The van der Waals surface area contributed by atoms with Crippen molar-refractivity contribution in [1.82, 2.24) is 9.97 Å². The Bertz CT molecular complexity index is 878. The Morgan fingerprint density at radius 1 is 1.09 bits per heavy atom. The quantitative estimate of drug-likeness (QED) is 0.676. The fourth-order valence-corrected chi connectivity index (χ4v) is 2.28. The molecule has 118 valence electrons. The molecule has 0 bridgehead atoms. The second-order valence-corrected chi connectivity index (χ2v) is 5.17. The summed E-state index contributed by atoms with van der Waals surface area (Å²) in [4.78, 5) is 28.4. The Hall–Kier alpha value is -3.02. The largest absolute Gasteiger partial charge is 0.484 e. The lowest BCUT2D eigenvalue weighted by Crippen LogP contribution is -2.20. The van der Waals surface area contributed by atoms with Crippen molar-refractivity contribution >= 4 is 22.6 Å². The lowest BCUT2D eigenvalue weighted by atomic mass is 10.2. The Balaban J connectivity index is 1.60. The molecule has 0 aliphatic heterocycles. The van der Waals surface area contributed by atoms with E-state index in [1.54, 1.807) is 18.2 Å². The van der Waals surface area contributed by atoms with Gasteiger partial charge < -0.3 is 20.0 Å². The SMILES string of the molecule is CCc1ccc(OCC(=O)Nc2ccc3[nH]c(=O)[nH]c3c2)cc1. The molecule has 0 unspecified atom stereocenters. The molecule has 0 saturated carbocycles. The molecule has 0 radical (unpaired) electrons. The summed E-state index contributed by atoms with van der Waals surface area (Å²) in [6.45, 7) is 2.00. The molecule has 0 aliphatic rings. The Morgan fingerprint density at radius 2 is 1.83 bits per heavy atom. The Kier molecular flexibility index (Phi) is 4.14. The molecular weight excluding hydrogens is 294 g/mol. The normalized spacial score (nSPS) is 10.7. The number of benzene rings is 2. The van der Waals surface area contributed by atoms with Gasteiger partial charge in [0.2, 0.25) is 0 Å². The van der Waals surface area contributed by atoms with E-state index in [1.807, 2.05) is 24.3 Å². The van der Waals surface area contributed by atoms with Crippen LogP contribution in [0.2, 0.25) is 0 Å². The average molecular weight is 311 g/mol. The van der Waals surface area contributed by atoms with Gasteiger partial charge in [-0.05, 0) is 42.3 Å². The number of aromatic nitrogens is 2. The van der Waals surface area contributed by atoms with Crippen LogP contribution in [-0.2, 0) is 11.2 Å². The summed E-state index contributed by atoms with van der Waals surface area (Å²) in [7, 11) is 0. The summed E-state index contributed by atoms with van der Waals surface area (Å²) in [5.74, 6) is 0.393. The van der Waals surface area contributed by atoms with Gasteiger partial charge in [-0.2, -0.15) is 0 Å². The lowest BCUT2D eigenvalue weighted by Gasteiger charge is -2.08. The molecule has 1 amide bonds. The van der Waals surface area contributed by atoms with E-state index in [4.69, 9.17) is 4.74 Å². The number of hydrogen-bond acceptors (Lipinski definition) is 3. The fourth-order valence-electron chi connectivity index (χ4n) is 2.28. The molecule has 6 nitrogen and oxygen atoms in total. The van der Waals surface area contributed by atoms with Crippen molar-refractivity contribution in [3.63, 3.8) is 0 Å². The molecular formula is C17H17N3O3. The number of aryl methyl sites for hydroxylation is 1. The van der Waals surface area contributed by atoms with Gasteiger partial charge >= 0.3 is 5.69 Å². The molecule has 0 saturated heterocycles. The van der Waals surface area contributed by atoms with E-state index in [9.17, 15) is 9.59 Å². The number of amides is 1. The predicted molar refractivity (Wildman–Crippen MR) is 88.9 cm³/mol. The van der Waals surface area contributed by atoms with Crippen LogP contribution in [0, 0.1) is 0 Å². The highest BCUT2D eigenvalue weighted by Gasteiger charge is 2.06. The monoisotopic (exact) mass is 311 g/mol. The van der Waals surface area contributed by atoms with E-state index in [1.165, 1.54) is 5.56 Å². The second kappa shape index (κ2) is 6.39. The van der Waals surface area contributed by atoms with E-state index in [-0.39, 0.29) is 18.2 Å². The van der Waals surface area contributed by atoms with E-state index in [2.05, 4.69) is 22.2 Å². The minimum atomic E-state index is -0.276. The van der Waals surface area contributed by atoms with E-state index in [0.29, 0.717) is 22.5 Å². The number of aromatic amines is 2. The standard InChI is InChI=1S/C17H17N3O3/c1-2-11-3-6-13(7-4-11)23-10-16(21)18-12-5-8-14-15(9-12)20-17(22)19-14/h3-9H,2,10H2,1H3,(H,18,21)(H2,19,20,22). The molecule has 1 aromatic heterocycles. The maximum Gasteiger partial charge on any atom is 0.323 e. The van der Waals surface area contributed by atoms with Gasteiger partial charge in [0.25, 0.3) is 5.91 Å². The Morgan fingerprint density at radius 3 is 2.57 bits per heavy atom. The topological polar surface area (TPSA) is 87.0 Å². The van der Waals surface area contributed by atoms with Crippen LogP contribution in [0.15, 0.2) is 47.3 Å². The zero-order valence-corrected chi connectivity index (χ0v) is 12.7. The van der Waals surface area contributed by atoms with Crippen molar-refractivity contribution in [3.05, 3.63) is 58.5 Å². The van der Waals surface area contributed by atoms with Crippen molar-refractivity contribution < 1.29 is 9.53 Å². The summed E-state index contributed by atoms with van der Waals surface area (Å²) in [6, 6.07) is 12.8. The third-order valence-electron chi connectivity index (χ3n) is 3.50. The van der Waals surface area contributed by atoms with Crippen LogP contribution in [-0.4, -0.2) is 22.5 Å². The van der Waals surface area contributed by atoms with Crippen LogP contribution in [0.1, 0.15) is 12.5 Å². The maximum atomic E-state index is 11.9. The van der Waals surface area contributed by atoms with Crippen molar-refractivity contribution in [3.8, 4) is 5.75 Å². The van der Waals surface area contributed by atoms with Gasteiger partial charge in [0.15, 0.2) is 6.61 Å². The number of carbonyl (C=O) groups excluding carboxylic acids is 1. The summed E-state index contributed by atoms with van der Waals surface area (Å²) in [5.41, 5.74) is 2.88. The first kappa shape index (κ1) is 14.9. The van der Waals surface area contributed by atoms with E-state index < -0.39 is 0 Å². The number of hydrogen-bond donors (Lipinski definition) is 3. The van der Waals surface area contributed by atoms with Crippen molar-refractivity contribution in [1.29, 1.82) is 0 Å². The first-order valence-corrected chi connectivity index (χ1v) is 7.37. The molecule has 3 N–H and O–H groups in total. The first-order valence-electron chi connectivity index (χ1n) is 7.37. The third-order valence-corrected chi connectivity index (χ3v) is 3.50. The summed E-state index contributed by atoms with van der Waals surface area (Å²) >= 11 is 0. The summed E-state index contributed by atoms with van der Waals surface area (Å²) in [6.07, 6.45) is 0.963. The second-order valence-electron chi connectivity index (χ2n) is 5.17. The molecule has 6 heteroatoms. The van der Waals surface area contributed by atoms with Gasteiger partial charge in [0, 0.05) is 5.69 Å². The maximum absolute atomic E-state index is 11.9. The van der Waals surface area contributed by atoms with Crippen molar-refractivity contribution in [2.75, 3.05) is 11.9 Å². The van der Waals surface area contributed by atoms with Crippen LogP contribution < -0.4 is 15.7 Å². The number of rotatable bonds is 5. The summed E-state index contributed by atoms with van der Waals surface area (Å²) < 4.78 is 5.46. The van der Waals surface area contributed by atoms with Crippen LogP contribution in [0.5, 0.6) is 5.75 Å². The fraction of sp³-hybridized carbons (Fsp3) is 0.176. The van der Waals surface area contributed by atoms with E-state index >= 15 is 0 Å². The molecule has 3 rings (SSSR count). The number of anilines is 1. The average Bonchev–Trinajstić information content (AvgIpc) is 2.92. The molecule has 3 aromatic rings. The number of imidazole rings is 1. The molecule has 0 spiro atoms. The van der Waals surface area contributed by atoms with Gasteiger partial charge in [-0.15, -0.1) is 0 Å². The van der Waals surface area contributed by atoms with Crippen LogP contribution in [0.3, 0.4) is 0 Å². The summed E-state index contributed by atoms with van der Waals surface area (Å²) in [5, 5.41) is 2.74. The van der Waals surface area contributed by atoms with Gasteiger partial charge in [0.05, 0.1) is 11.0 Å². The zero-order valence-electron chi connectivity index (χ0n) is 12.7.